The van der Waals surface area contributed by atoms with Gasteiger partial charge in [-0.2, -0.15) is 0 Å². The monoisotopic (exact) mass is 219 g/mol. The summed E-state index contributed by atoms with van der Waals surface area (Å²) in [5.41, 5.74) is 0. The van der Waals surface area contributed by atoms with Gasteiger partial charge in [0, 0.05) is 13.2 Å². The second-order valence-electron chi connectivity index (χ2n) is 2.87. The number of hydrogen-bond donors (Lipinski definition) is 1. The first-order chi connectivity index (χ1) is 7.31. The number of ether oxygens (including phenoxy) is 3. The SMILES string of the molecule is CCCOCCOCCNC(=O)OCC. The lowest BCUT2D eigenvalue weighted by Crippen LogP contribution is -2.28. The summed E-state index contributed by atoms with van der Waals surface area (Å²) in [5.74, 6) is 0. The second-order valence-corrected chi connectivity index (χ2v) is 2.87. The molecule has 1 amide bonds. The maximum Gasteiger partial charge on any atom is 0.407 e. The molecule has 0 aliphatic heterocycles. The van der Waals surface area contributed by atoms with E-state index in [9.17, 15) is 4.79 Å². The Labute approximate surface area is 91.1 Å². The Kier molecular flexibility index (Phi) is 10.7. The van der Waals surface area contributed by atoms with Gasteiger partial charge in [0.25, 0.3) is 0 Å². The molecule has 0 atom stereocenters. The number of rotatable bonds is 9. The molecule has 0 aromatic rings. The van der Waals surface area contributed by atoms with Gasteiger partial charge in [-0.1, -0.05) is 6.92 Å². The summed E-state index contributed by atoms with van der Waals surface area (Å²) in [6, 6.07) is 0. The highest BCUT2D eigenvalue weighted by Gasteiger charge is 1.97. The van der Waals surface area contributed by atoms with E-state index in [1.807, 2.05) is 0 Å². The Morgan fingerprint density at radius 1 is 1.07 bits per heavy atom. The Balaban J connectivity index is 3.01. The van der Waals surface area contributed by atoms with Crippen LogP contribution in [-0.2, 0) is 14.2 Å². The molecule has 0 saturated carbocycles. The van der Waals surface area contributed by atoms with Crippen molar-refractivity contribution in [2.24, 2.45) is 0 Å². The topological polar surface area (TPSA) is 56.8 Å². The molecule has 0 bridgehead atoms. The number of carbonyl (C=O) groups excluding carboxylic acids is 1. The first-order valence-electron chi connectivity index (χ1n) is 5.37. The molecule has 0 rings (SSSR count). The smallest absolute Gasteiger partial charge is 0.407 e. The molecule has 0 aromatic heterocycles. The number of alkyl carbamates (subject to hydrolysis) is 1. The molecule has 90 valence electrons. The van der Waals surface area contributed by atoms with Crippen LogP contribution in [0.1, 0.15) is 20.3 Å². The number of carbonyl (C=O) groups is 1. The summed E-state index contributed by atoms with van der Waals surface area (Å²) in [4.78, 5) is 10.8. The van der Waals surface area contributed by atoms with E-state index in [4.69, 9.17) is 9.47 Å². The normalized spacial score (nSPS) is 10.0. The van der Waals surface area contributed by atoms with Gasteiger partial charge in [0.2, 0.25) is 0 Å². The van der Waals surface area contributed by atoms with Gasteiger partial charge < -0.3 is 19.5 Å². The zero-order valence-electron chi connectivity index (χ0n) is 9.58. The van der Waals surface area contributed by atoms with E-state index in [-0.39, 0.29) is 0 Å². The molecule has 0 heterocycles. The van der Waals surface area contributed by atoms with Crippen molar-refractivity contribution < 1.29 is 19.0 Å². The van der Waals surface area contributed by atoms with Crippen LogP contribution in [0.2, 0.25) is 0 Å². The molecule has 5 heteroatoms. The lowest BCUT2D eigenvalue weighted by atomic mass is 10.5. The van der Waals surface area contributed by atoms with E-state index >= 15 is 0 Å². The molecule has 0 spiro atoms. The molecule has 15 heavy (non-hydrogen) atoms. The van der Waals surface area contributed by atoms with Crippen LogP contribution in [0.3, 0.4) is 0 Å². The van der Waals surface area contributed by atoms with E-state index in [1.54, 1.807) is 6.92 Å². The predicted octanol–water partition coefficient (Wildman–Crippen LogP) is 1.18. The lowest BCUT2D eigenvalue weighted by molar-refractivity contribution is 0.0486. The zero-order valence-corrected chi connectivity index (χ0v) is 9.58. The lowest BCUT2D eigenvalue weighted by Gasteiger charge is -2.06. The molecule has 0 aromatic carbocycles. The minimum absolute atomic E-state index is 0.386. The largest absolute Gasteiger partial charge is 0.450 e. The summed E-state index contributed by atoms with van der Waals surface area (Å²) in [7, 11) is 0. The Morgan fingerprint density at radius 2 is 1.73 bits per heavy atom. The fourth-order valence-electron chi connectivity index (χ4n) is 0.874. The summed E-state index contributed by atoms with van der Waals surface area (Å²) in [6.07, 6.45) is 0.619. The summed E-state index contributed by atoms with van der Waals surface area (Å²) >= 11 is 0. The molecule has 1 N–H and O–H groups in total. The average molecular weight is 219 g/mol. The molecular weight excluding hydrogens is 198 g/mol. The van der Waals surface area contributed by atoms with Crippen molar-refractivity contribution in [1.82, 2.24) is 5.32 Å². The highest BCUT2D eigenvalue weighted by Crippen LogP contribution is 1.82. The third-order valence-corrected chi connectivity index (χ3v) is 1.51. The highest BCUT2D eigenvalue weighted by molar-refractivity contribution is 5.66. The first kappa shape index (κ1) is 14.2. The van der Waals surface area contributed by atoms with Gasteiger partial charge in [-0.05, 0) is 13.3 Å². The van der Waals surface area contributed by atoms with Crippen molar-refractivity contribution >= 4 is 6.09 Å². The van der Waals surface area contributed by atoms with Crippen molar-refractivity contribution in [3.05, 3.63) is 0 Å². The van der Waals surface area contributed by atoms with Crippen molar-refractivity contribution in [2.75, 3.05) is 39.6 Å². The number of nitrogens with one attached hydrogen (secondary N) is 1. The molecule has 0 aliphatic rings. The quantitative estimate of drug-likeness (QED) is 0.591. The van der Waals surface area contributed by atoms with Gasteiger partial charge in [0.05, 0.1) is 26.4 Å². The van der Waals surface area contributed by atoms with Gasteiger partial charge in [-0.25, -0.2) is 4.79 Å². The molecule has 0 unspecified atom stereocenters. The predicted molar refractivity (Wildman–Crippen MR) is 57.0 cm³/mol. The van der Waals surface area contributed by atoms with Crippen molar-refractivity contribution in [2.45, 2.75) is 20.3 Å². The third-order valence-electron chi connectivity index (χ3n) is 1.51. The van der Waals surface area contributed by atoms with Crippen LogP contribution in [0, 0.1) is 0 Å². The van der Waals surface area contributed by atoms with Crippen LogP contribution in [-0.4, -0.2) is 45.7 Å². The van der Waals surface area contributed by atoms with Crippen LogP contribution in [0.4, 0.5) is 4.79 Å². The molecule has 0 radical (unpaired) electrons. The Morgan fingerprint density at radius 3 is 2.33 bits per heavy atom. The Hall–Kier alpha value is -0.810. The third kappa shape index (κ3) is 11.1. The van der Waals surface area contributed by atoms with Gasteiger partial charge in [0.15, 0.2) is 0 Å². The van der Waals surface area contributed by atoms with E-state index in [2.05, 4.69) is 17.0 Å². The van der Waals surface area contributed by atoms with Gasteiger partial charge in [0.1, 0.15) is 0 Å². The molecule has 0 fully saturated rings. The van der Waals surface area contributed by atoms with Gasteiger partial charge >= 0.3 is 6.09 Å². The van der Waals surface area contributed by atoms with E-state index in [1.165, 1.54) is 0 Å². The minimum Gasteiger partial charge on any atom is -0.450 e. The van der Waals surface area contributed by atoms with Crippen molar-refractivity contribution in [3.8, 4) is 0 Å². The van der Waals surface area contributed by atoms with Crippen LogP contribution in [0.25, 0.3) is 0 Å². The van der Waals surface area contributed by atoms with E-state index < -0.39 is 6.09 Å². The fraction of sp³-hybridized carbons (Fsp3) is 0.900. The van der Waals surface area contributed by atoms with Crippen LogP contribution < -0.4 is 5.32 Å². The first-order valence-corrected chi connectivity index (χ1v) is 5.37. The van der Waals surface area contributed by atoms with Crippen LogP contribution in [0.15, 0.2) is 0 Å². The molecule has 0 saturated heterocycles. The minimum atomic E-state index is -0.400. The number of hydrogen-bond acceptors (Lipinski definition) is 4. The maximum atomic E-state index is 10.8. The molecular formula is C10H21NO4. The standard InChI is InChI=1S/C10H21NO4/c1-3-6-13-8-9-14-7-5-11-10(12)15-4-2/h3-9H2,1-2H3,(H,11,12). The van der Waals surface area contributed by atoms with E-state index in [0.29, 0.717) is 33.0 Å². The molecule has 0 aliphatic carbocycles. The van der Waals surface area contributed by atoms with Crippen molar-refractivity contribution in [3.63, 3.8) is 0 Å². The summed E-state index contributed by atoms with van der Waals surface area (Å²) in [6.45, 7) is 7.09. The fourth-order valence-corrected chi connectivity index (χ4v) is 0.874. The van der Waals surface area contributed by atoms with Crippen LogP contribution >= 0.6 is 0 Å². The maximum absolute atomic E-state index is 10.8. The highest BCUT2D eigenvalue weighted by atomic mass is 16.5. The van der Waals surface area contributed by atoms with Gasteiger partial charge in [-0.3, -0.25) is 0 Å². The van der Waals surface area contributed by atoms with E-state index in [0.717, 1.165) is 13.0 Å². The molecule has 5 nitrogen and oxygen atoms in total. The second kappa shape index (κ2) is 11.3. The van der Waals surface area contributed by atoms with Crippen molar-refractivity contribution in [1.29, 1.82) is 0 Å². The summed E-state index contributed by atoms with van der Waals surface area (Å²) in [5, 5.41) is 2.56. The number of amides is 1. The zero-order chi connectivity index (χ0) is 11.4. The van der Waals surface area contributed by atoms with Crippen LogP contribution in [0.5, 0.6) is 0 Å². The average Bonchev–Trinajstić information content (AvgIpc) is 2.22. The summed E-state index contributed by atoms with van der Waals surface area (Å²) < 4.78 is 15.1. The Bertz CT molecular complexity index is 152. The van der Waals surface area contributed by atoms with Gasteiger partial charge in [-0.15, -0.1) is 0 Å².